The first-order valence-corrected chi connectivity index (χ1v) is 6.94. The molecule has 2 aromatic carbocycles. The van der Waals surface area contributed by atoms with E-state index in [4.69, 9.17) is 10.5 Å². The van der Waals surface area contributed by atoms with Gasteiger partial charge >= 0.3 is 0 Å². The number of nitrogens with one attached hydrogen (secondary N) is 1. The van der Waals surface area contributed by atoms with Crippen LogP contribution in [0.2, 0.25) is 0 Å². The highest BCUT2D eigenvalue weighted by atomic mass is 16.5. The van der Waals surface area contributed by atoms with E-state index in [1.165, 1.54) is 0 Å². The van der Waals surface area contributed by atoms with Crippen molar-refractivity contribution in [2.24, 2.45) is 5.73 Å². The van der Waals surface area contributed by atoms with Gasteiger partial charge in [-0.05, 0) is 30.2 Å². The van der Waals surface area contributed by atoms with Crippen molar-refractivity contribution >= 4 is 5.91 Å². The van der Waals surface area contributed by atoms with E-state index in [0.717, 1.165) is 11.1 Å². The van der Waals surface area contributed by atoms with Gasteiger partial charge < -0.3 is 15.8 Å². The minimum absolute atomic E-state index is 0.00472. The van der Waals surface area contributed by atoms with Crippen LogP contribution in [0.15, 0.2) is 54.6 Å². The second-order valence-corrected chi connectivity index (χ2v) is 4.91. The molecule has 0 aliphatic carbocycles. The molecule has 0 saturated carbocycles. The molecule has 0 bridgehead atoms. The van der Waals surface area contributed by atoms with E-state index in [1.54, 1.807) is 0 Å². The number of nitrogens with two attached hydrogens (primary N) is 1. The smallest absolute Gasteiger partial charge is 0.258 e. The van der Waals surface area contributed by atoms with Crippen LogP contribution in [-0.2, 0) is 11.3 Å². The zero-order valence-corrected chi connectivity index (χ0v) is 12.1. The molecule has 2 rings (SSSR count). The fourth-order valence-electron chi connectivity index (χ4n) is 1.88. The first-order chi connectivity index (χ1) is 10.1. The molecule has 0 aromatic heterocycles. The fourth-order valence-corrected chi connectivity index (χ4v) is 1.88. The Kier molecular flexibility index (Phi) is 5.35. The van der Waals surface area contributed by atoms with Gasteiger partial charge in [0.15, 0.2) is 6.61 Å². The van der Waals surface area contributed by atoms with Gasteiger partial charge in [0.25, 0.3) is 5.91 Å². The third-order valence-corrected chi connectivity index (χ3v) is 3.09. The second kappa shape index (κ2) is 7.45. The van der Waals surface area contributed by atoms with Gasteiger partial charge in [-0.2, -0.15) is 0 Å². The maximum atomic E-state index is 11.7. The molecule has 2 aromatic rings. The van der Waals surface area contributed by atoms with Gasteiger partial charge in [-0.25, -0.2) is 0 Å². The normalized spacial score (nSPS) is 11.7. The SMILES string of the molecule is CC(N)c1cccc(OCC(=O)NCc2ccccc2)c1. The van der Waals surface area contributed by atoms with E-state index in [9.17, 15) is 4.79 Å². The van der Waals surface area contributed by atoms with Gasteiger partial charge in [0, 0.05) is 12.6 Å². The largest absolute Gasteiger partial charge is 0.484 e. The monoisotopic (exact) mass is 284 g/mol. The zero-order valence-electron chi connectivity index (χ0n) is 12.1. The molecule has 21 heavy (non-hydrogen) atoms. The Hall–Kier alpha value is -2.33. The lowest BCUT2D eigenvalue weighted by molar-refractivity contribution is -0.123. The Bertz CT molecular complexity index is 582. The molecule has 0 fully saturated rings. The van der Waals surface area contributed by atoms with Crippen molar-refractivity contribution in [3.8, 4) is 5.75 Å². The number of ether oxygens (including phenoxy) is 1. The van der Waals surface area contributed by atoms with Gasteiger partial charge in [-0.3, -0.25) is 4.79 Å². The Balaban J connectivity index is 1.80. The zero-order chi connectivity index (χ0) is 15.1. The van der Waals surface area contributed by atoms with Crippen molar-refractivity contribution in [3.05, 3.63) is 65.7 Å². The molecular formula is C17H20N2O2. The van der Waals surface area contributed by atoms with Crippen LogP contribution in [0.5, 0.6) is 5.75 Å². The predicted octanol–water partition coefficient (Wildman–Crippen LogP) is 2.40. The third kappa shape index (κ3) is 4.93. The summed E-state index contributed by atoms with van der Waals surface area (Å²) in [5.74, 6) is 0.504. The first kappa shape index (κ1) is 15.1. The number of benzene rings is 2. The topological polar surface area (TPSA) is 64.3 Å². The van der Waals surface area contributed by atoms with E-state index in [2.05, 4.69) is 5.32 Å². The van der Waals surface area contributed by atoms with E-state index in [0.29, 0.717) is 12.3 Å². The van der Waals surface area contributed by atoms with Crippen molar-refractivity contribution < 1.29 is 9.53 Å². The van der Waals surface area contributed by atoms with Crippen molar-refractivity contribution in [1.82, 2.24) is 5.32 Å². The highest BCUT2D eigenvalue weighted by Crippen LogP contribution is 2.17. The van der Waals surface area contributed by atoms with Crippen LogP contribution in [0.25, 0.3) is 0 Å². The standard InChI is InChI=1S/C17H20N2O2/c1-13(18)15-8-5-9-16(10-15)21-12-17(20)19-11-14-6-3-2-4-7-14/h2-10,13H,11-12,18H2,1H3,(H,19,20). The summed E-state index contributed by atoms with van der Waals surface area (Å²) in [7, 11) is 0. The molecular weight excluding hydrogens is 264 g/mol. The first-order valence-electron chi connectivity index (χ1n) is 6.94. The number of carbonyl (C=O) groups is 1. The van der Waals surface area contributed by atoms with E-state index in [-0.39, 0.29) is 18.6 Å². The highest BCUT2D eigenvalue weighted by molar-refractivity contribution is 5.77. The van der Waals surface area contributed by atoms with Crippen molar-refractivity contribution in [2.45, 2.75) is 19.5 Å². The summed E-state index contributed by atoms with van der Waals surface area (Å²) in [5.41, 5.74) is 7.86. The molecule has 1 atom stereocenters. The lowest BCUT2D eigenvalue weighted by Gasteiger charge is -2.10. The number of hydrogen-bond acceptors (Lipinski definition) is 3. The number of hydrogen-bond donors (Lipinski definition) is 2. The molecule has 0 radical (unpaired) electrons. The molecule has 3 N–H and O–H groups in total. The van der Waals surface area contributed by atoms with Gasteiger partial charge in [-0.1, -0.05) is 42.5 Å². The Morgan fingerprint density at radius 2 is 1.95 bits per heavy atom. The summed E-state index contributed by atoms with van der Waals surface area (Å²) >= 11 is 0. The van der Waals surface area contributed by atoms with Crippen LogP contribution < -0.4 is 15.8 Å². The van der Waals surface area contributed by atoms with Crippen molar-refractivity contribution in [2.75, 3.05) is 6.61 Å². The van der Waals surface area contributed by atoms with E-state index < -0.39 is 0 Å². The van der Waals surface area contributed by atoms with Gasteiger partial charge in [-0.15, -0.1) is 0 Å². The maximum Gasteiger partial charge on any atom is 0.258 e. The van der Waals surface area contributed by atoms with Gasteiger partial charge in [0.1, 0.15) is 5.75 Å². The Labute approximate surface area is 124 Å². The number of amides is 1. The summed E-state index contributed by atoms with van der Waals surface area (Å²) in [6.45, 7) is 2.41. The van der Waals surface area contributed by atoms with Crippen LogP contribution >= 0.6 is 0 Å². The van der Waals surface area contributed by atoms with Gasteiger partial charge in [0.05, 0.1) is 0 Å². The van der Waals surface area contributed by atoms with Gasteiger partial charge in [0.2, 0.25) is 0 Å². The van der Waals surface area contributed by atoms with Crippen molar-refractivity contribution in [3.63, 3.8) is 0 Å². The molecule has 4 heteroatoms. The van der Waals surface area contributed by atoms with Crippen LogP contribution in [0, 0.1) is 0 Å². The Morgan fingerprint density at radius 3 is 2.67 bits per heavy atom. The average molecular weight is 284 g/mol. The second-order valence-electron chi connectivity index (χ2n) is 4.91. The molecule has 0 heterocycles. The highest BCUT2D eigenvalue weighted by Gasteiger charge is 2.05. The molecule has 1 unspecified atom stereocenters. The summed E-state index contributed by atoms with van der Waals surface area (Å²) in [6, 6.07) is 17.2. The summed E-state index contributed by atoms with van der Waals surface area (Å²) < 4.78 is 5.48. The predicted molar refractivity (Wildman–Crippen MR) is 82.8 cm³/mol. The lowest BCUT2D eigenvalue weighted by Crippen LogP contribution is -2.28. The number of carbonyl (C=O) groups excluding carboxylic acids is 1. The molecule has 0 spiro atoms. The van der Waals surface area contributed by atoms with Crippen LogP contribution in [0.3, 0.4) is 0 Å². The van der Waals surface area contributed by atoms with E-state index >= 15 is 0 Å². The quantitative estimate of drug-likeness (QED) is 0.856. The molecule has 0 aliphatic rings. The molecule has 0 aliphatic heterocycles. The molecule has 110 valence electrons. The van der Waals surface area contributed by atoms with Crippen molar-refractivity contribution in [1.29, 1.82) is 0 Å². The average Bonchev–Trinajstić information content (AvgIpc) is 2.52. The van der Waals surface area contributed by atoms with Crippen LogP contribution in [-0.4, -0.2) is 12.5 Å². The lowest BCUT2D eigenvalue weighted by atomic mass is 10.1. The minimum Gasteiger partial charge on any atom is -0.484 e. The molecule has 4 nitrogen and oxygen atoms in total. The van der Waals surface area contributed by atoms with E-state index in [1.807, 2.05) is 61.5 Å². The molecule has 0 saturated heterocycles. The summed E-state index contributed by atoms with van der Waals surface area (Å²) in [5, 5.41) is 2.82. The van der Waals surface area contributed by atoms with Crippen LogP contribution in [0.4, 0.5) is 0 Å². The fraction of sp³-hybridized carbons (Fsp3) is 0.235. The maximum absolute atomic E-state index is 11.7. The minimum atomic E-state index is -0.148. The Morgan fingerprint density at radius 1 is 1.19 bits per heavy atom. The summed E-state index contributed by atoms with van der Waals surface area (Å²) in [4.78, 5) is 11.7. The number of rotatable bonds is 6. The van der Waals surface area contributed by atoms with Crippen LogP contribution in [0.1, 0.15) is 24.1 Å². The summed E-state index contributed by atoms with van der Waals surface area (Å²) in [6.07, 6.45) is 0. The third-order valence-electron chi connectivity index (χ3n) is 3.09. The molecule has 1 amide bonds.